The summed E-state index contributed by atoms with van der Waals surface area (Å²) in [5.74, 6) is 5.69. The van der Waals surface area contributed by atoms with E-state index in [1.807, 2.05) is 36.4 Å². The summed E-state index contributed by atoms with van der Waals surface area (Å²) >= 11 is 4.47. The van der Waals surface area contributed by atoms with E-state index in [9.17, 15) is 9.50 Å². The summed E-state index contributed by atoms with van der Waals surface area (Å²) in [4.78, 5) is 3.64. The Hall–Kier alpha value is -3.25. The first-order valence-corrected chi connectivity index (χ1v) is 7.85. The van der Waals surface area contributed by atoms with E-state index < -0.39 is 5.82 Å². The van der Waals surface area contributed by atoms with Crippen molar-refractivity contribution >= 4 is 23.1 Å². The number of thiocarbonyl (C=S) groups is 1. The van der Waals surface area contributed by atoms with E-state index in [0.29, 0.717) is 5.56 Å². The predicted molar refractivity (Wildman–Crippen MR) is 101 cm³/mol. The van der Waals surface area contributed by atoms with Crippen LogP contribution in [0.1, 0.15) is 11.1 Å². The van der Waals surface area contributed by atoms with Gasteiger partial charge in [-0.2, -0.15) is 4.99 Å². The Kier molecular flexibility index (Phi) is 5.01. The number of phenolic OH excluding ortho intramolecular Hbond substituents is 1. The van der Waals surface area contributed by atoms with E-state index >= 15 is 0 Å². The Bertz CT molecular complexity index is 1010. The molecule has 3 rings (SSSR count). The fourth-order valence-electron chi connectivity index (χ4n) is 2.27. The van der Waals surface area contributed by atoms with Gasteiger partial charge >= 0.3 is 0 Å². The van der Waals surface area contributed by atoms with Crippen LogP contribution in [0, 0.1) is 17.7 Å². The quantitative estimate of drug-likeness (QED) is 0.387. The number of nitrogens with zero attached hydrogens (tertiary/aromatic N) is 1. The van der Waals surface area contributed by atoms with Crippen LogP contribution in [0.25, 0.3) is 11.1 Å². The molecule has 0 spiro atoms. The summed E-state index contributed by atoms with van der Waals surface area (Å²) in [6, 6.07) is 19.2. The topological polar surface area (TPSA) is 32.6 Å². The Balaban J connectivity index is 1.80. The largest absolute Gasteiger partial charge is 0.508 e. The van der Waals surface area contributed by atoms with Gasteiger partial charge in [-0.3, -0.25) is 0 Å². The molecule has 1 N–H and O–H groups in total. The first-order chi connectivity index (χ1) is 12.2. The summed E-state index contributed by atoms with van der Waals surface area (Å²) in [5.41, 5.74) is 3.57. The third kappa shape index (κ3) is 4.19. The summed E-state index contributed by atoms with van der Waals surface area (Å²) < 4.78 is 13.8. The minimum atomic E-state index is -0.480. The lowest BCUT2D eigenvalue weighted by Gasteiger charge is -2.02. The van der Waals surface area contributed by atoms with E-state index in [0.717, 1.165) is 16.7 Å². The molecule has 0 aliphatic carbocycles. The number of hydrogen-bond acceptors (Lipinski definition) is 3. The van der Waals surface area contributed by atoms with Crippen molar-refractivity contribution in [1.29, 1.82) is 0 Å². The third-order valence-corrected chi connectivity index (χ3v) is 3.64. The lowest BCUT2D eigenvalue weighted by molar-refractivity contribution is 0.475. The Labute approximate surface area is 150 Å². The van der Waals surface area contributed by atoms with Gasteiger partial charge in [-0.05, 0) is 65.8 Å². The van der Waals surface area contributed by atoms with Gasteiger partial charge in [0.05, 0.1) is 5.16 Å². The zero-order valence-corrected chi connectivity index (χ0v) is 13.8. The summed E-state index contributed by atoms with van der Waals surface area (Å²) in [7, 11) is 0. The summed E-state index contributed by atoms with van der Waals surface area (Å²) in [5, 5.41) is 11.5. The third-order valence-electron chi connectivity index (χ3n) is 3.55. The van der Waals surface area contributed by atoms with Crippen LogP contribution >= 0.6 is 12.2 Å². The van der Waals surface area contributed by atoms with Crippen LogP contribution in [0.3, 0.4) is 0 Å². The minimum absolute atomic E-state index is 0.152. The average molecular weight is 345 g/mol. The molecule has 3 aromatic rings. The van der Waals surface area contributed by atoms with Crippen molar-refractivity contribution in [2.75, 3.05) is 0 Å². The molecule has 0 fully saturated rings. The molecule has 0 heterocycles. The molecule has 0 saturated carbocycles. The number of hydrogen-bond donors (Lipinski definition) is 1. The van der Waals surface area contributed by atoms with E-state index in [1.54, 1.807) is 18.2 Å². The highest BCUT2D eigenvalue weighted by Crippen LogP contribution is 2.22. The minimum Gasteiger partial charge on any atom is -0.508 e. The molecule has 0 amide bonds. The van der Waals surface area contributed by atoms with Crippen molar-refractivity contribution in [1.82, 2.24) is 0 Å². The van der Waals surface area contributed by atoms with E-state index in [-0.39, 0.29) is 11.4 Å². The fraction of sp³-hybridized carbons (Fsp3) is 0. The highest BCUT2D eigenvalue weighted by molar-refractivity contribution is 7.78. The molecule has 0 bridgehead atoms. The average Bonchev–Trinajstić information content (AvgIpc) is 2.63. The molecular weight excluding hydrogens is 333 g/mol. The van der Waals surface area contributed by atoms with Crippen LogP contribution in [0.4, 0.5) is 10.1 Å². The summed E-state index contributed by atoms with van der Waals surface area (Å²) in [6.07, 6.45) is 0. The number of phenols is 1. The zero-order chi connectivity index (χ0) is 17.6. The smallest absolute Gasteiger partial charge is 0.150 e. The van der Waals surface area contributed by atoms with Gasteiger partial charge in [0, 0.05) is 11.1 Å². The molecule has 0 aromatic heterocycles. The second kappa shape index (κ2) is 7.55. The van der Waals surface area contributed by atoms with Gasteiger partial charge in [0.2, 0.25) is 0 Å². The zero-order valence-electron chi connectivity index (χ0n) is 13.0. The molecule has 4 heteroatoms. The standard InChI is InChI=1S/C21H12FNOS/c22-20-13-16(5-12-21(20)23-14-25)2-1-15-3-6-17(7-4-15)18-8-10-19(24)11-9-18/h3-13,24H. The van der Waals surface area contributed by atoms with Crippen LogP contribution in [0.5, 0.6) is 5.75 Å². The van der Waals surface area contributed by atoms with E-state index in [2.05, 4.69) is 34.2 Å². The van der Waals surface area contributed by atoms with E-state index in [1.165, 1.54) is 12.1 Å². The maximum absolute atomic E-state index is 13.8. The molecule has 0 radical (unpaired) electrons. The van der Waals surface area contributed by atoms with Crippen molar-refractivity contribution in [3.63, 3.8) is 0 Å². The van der Waals surface area contributed by atoms with Gasteiger partial charge in [-0.25, -0.2) is 4.39 Å². The van der Waals surface area contributed by atoms with Gasteiger partial charge in [0.25, 0.3) is 0 Å². The molecule has 3 aromatic carbocycles. The SMILES string of the molecule is Oc1ccc(-c2ccc(C#Cc3ccc(N=C=S)c(F)c3)cc2)cc1. The molecule has 25 heavy (non-hydrogen) atoms. The highest BCUT2D eigenvalue weighted by Gasteiger charge is 2.01. The van der Waals surface area contributed by atoms with Crippen LogP contribution in [0.2, 0.25) is 0 Å². The van der Waals surface area contributed by atoms with Gasteiger partial charge in [-0.1, -0.05) is 36.1 Å². The van der Waals surface area contributed by atoms with Crippen LogP contribution < -0.4 is 0 Å². The van der Waals surface area contributed by atoms with Gasteiger partial charge in [0.15, 0.2) is 5.82 Å². The molecule has 0 atom stereocenters. The number of rotatable bonds is 2. The van der Waals surface area contributed by atoms with Crippen molar-refractivity contribution in [3.05, 3.63) is 83.7 Å². The molecule has 120 valence electrons. The van der Waals surface area contributed by atoms with Crippen molar-refractivity contribution in [2.24, 2.45) is 4.99 Å². The number of isothiocyanates is 1. The summed E-state index contributed by atoms with van der Waals surface area (Å²) in [6.45, 7) is 0. The van der Waals surface area contributed by atoms with Crippen molar-refractivity contribution in [2.45, 2.75) is 0 Å². The Morgan fingerprint density at radius 1 is 0.800 bits per heavy atom. The lowest BCUT2D eigenvalue weighted by Crippen LogP contribution is -1.81. The van der Waals surface area contributed by atoms with Gasteiger partial charge in [-0.15, -0.1) is 0 Å². The highest BCUT2D eigenvalue weighted by atomic mass is 32.1. The van der Waals surface area contributed by atoms with Crippen molar-refractivity contribution < 1.29 is 9.50 Å². The fourth-order valence-corrected chi connectivity index (χ4v) is 2.37. The molecule has 0 unspecified atom stereocenters. The Morgan fingerprint density at radius 2 is 1.36 bits per heavy atom. The molecular formula is C21H12FNOS. The van der Waals surface area contributed by atoms with Crippen molar-refractivity contribution in [3.8, 4) is 28.7 Å². The van der Waals surface area contributed by atoms with Gasteiger partial charge < -0.3 is 5.11 Å². The molecule has 0 saturated heterocycles. The molecule has 2 nitrogen and oxygen atoms in total. The van der Waals surface area contributed by atoms with E-state index in [4.69, 9.17) is 0 Å². The van der Waals surface area contributed by atoms with Crippen LogP contribution in [0.15, 0.2) is 71.7 Å². The monoisotopic (exact) mass is 345 g/mol. The maximum Gasteiger partial charge on any atom is 0.150 e. The van der Waals surface area contributed by atoms with Crippen LogP contribution in [-0.4, -0.2) is 10.3 Å². The molecule has 0 aliphatic rings. The van der Waals surface area contributed by atoms with Gasteiger partial charge in [0.1, 0.15) is 11.4 Å². The van der Waals surface area contributed by atoms with Crippen LogP contribution in [-0.2, 0) is 0 Å². The number of halogens is 1. The first kappa shape index (κ1) is 16.6. The normalized spacial score (nSPS) is 9.64. The number of benzene rings is 3. The maximum atomic E-state index is 13.8. The molecule has 0 aliphatic heterocycles. The predicted octanol–water partition coefficient (Wildman–Crippen LogP) is 5.33. The second-order valence-electron chi connectivity index (χ2n) is 5.24. The second-order valence-corrected chi connectivity index (χ2v) is 5.43. The number of aliphatic imine (C=N–C) groups is 1. The Morgan fingerprint density at radius 3 is 1.96 bits per heavy atom. The number of aromatic hydroxyl groups is 1. The first-order valence-electron chi connectivity index (χ1n) is 7.44. The lowest BCUT2D eigenvalue weighted by atomic mass is 10.0.